The van der Waals surface area contributed by atoms with Crippen molar-refractivity contribution >= 4 is 28.7 Å². The van der Waals surface area contributed by atoms with Gasteiger partial charge in [-0.15, -0.1) is 0 Å². The highest BCUT2D eigenvalue weighted by atomic mass is 32.2. The van der Waals surface area contributed by atoms with E-state index in [1.807, 2.05) is 11.8 Å². The first kappa shape index (κ1) is 11.6. The minimum Gasteiger partial charge on any atom is -0.365 e. The van der Waals surface area contributed by atoms with Crippen LogP contribution < -0.4 is 5.32 Å². The summed E-state index contributed by atoms with van der Waals surface area (Å²) in [5.74, 6) is 3.59. The molecule has 1 N–H and O–H groups in total. The average molecular weight is 244 g/mol. The first-order valence-corrected chi connectivity index (χ1v) is 7.94. The molecule has 0 amide bonds. The maximum absolute atomic E-state index is 4.54. The number of hydrogen-bond acceptors (Lipinski definition) is 4. The molecule has 0 aliphatic carbocycles. The number of nitrogens with zero attached hydrogens (tertiary/aromatic N) is 1. The molecule has 0 aromatic carbocycles. The summed E-state index contributed by atoms with van der Waals surface area (Å²) >= 11 is 4.03. The summed E-state index contributed by atoms with van der Waals surface area (Å²) in [5.41, 5.74) is 0. The SMILES string of the molecule is CCC1CN=C(NCC2CCSCC2)S1. The Morgan fingerprint density at radius 1 is 1.40 bits per heavy atom. The zero-order chi connectivity index (χ0) is 10.5. The van der Waals surface area contributed by atoms with E-state index in [-0.39, 0.29) is 0 Å². The molecule has 0 radical (unpaired) electrons. The van der Waals surface area contributed by atoms with Crippen LogP contribution >= 0.6 is 23.5 Å². The van der Waals surface area contributed by atoms with Crippen molar-refractivity contribution in [1.29, 1.82) is 0 Å². The van der Waals surface area contributed by atoms with E-state index < -0.39 is 0 Å². The lowest BCUT2D eigenvalue weighted by Crippen LogP contribution is -2.28. The highest BCUT2D eigenvalue weighted by Gasteiger charge is 2.19. The molecule has 1 unspecified atom stereocenters. The van der Waals surface area contributed by atoms with Crippen LogP contribution in [0.5, 0.6) is 0 Å². The first-order chi connectivity index (χ1) is 7.38. The highest BCUT2D eigenvalue weighted by Crippen LogP contribution is 2.24. The van der Waals surface area contributed by atoms with Crippen molar-refractivity contribution in [2.45, 2.75) is 31.4 Å². The quantitative estimate of drug-likeness (QED) is 0.826. The normalized spacial score (nSPS) is 27.8. The largest absolute Gasteiger partial charge is 0.365 e. The van der Waals surface area contributed by atoms with Crippen LogP contribution in [-0.2, 0) is 0 Å². The van der Waals surface area contributed by atoms with Gasteiger partial charge in [0.1, 0.15) is 0 Å². The van der Waals surface area contributed by atoms with Crippen LogP contribution in [-0.4, -0.2) is 35.0 Å². The Labute approximate surface area is 101 Å². The Balaban J connectivity index is 1.65. The van der Waals surface area contributed by atoms with Gasteiger partial charge in [-0.05, 0) is 36.7 Å². The monoisotopic (exact) mass is 244 g/mol. The number of amidine groups is 1. The van der Waals surface area contributed by atoms with E-state index >= 15 is 0 Å². The second-order valence-corrected chi connectivity index (χ2v) is 6.74. The Morgan fingerprint density at radius 3 is 2.87 bits per heavy atom. The van der Waals surface area contributed by atoms with Gasteiger partial charge >= 0.3 is 0 Å². The fourth-order valence-corrected chi connectivity index (χ4v) is 4.06. The van der Waals surface area contributed by atoms with E-state index in [4.69, 9.17) is 0 Å². The molecule has 0 aromatic heterocycles. The van der Waals surface area contributed by atoms with Gasteiger partial charge in [0.05, 0.1) is 6.54 Å². The van der Waals surface area contributed by atoms with Gasteiger partial charge < -0.3 is 5.32 Å². The lowest BCUT2D eigenvalue weighted by Gasteiger charge is -2.21. The molecule has 2 rings (SSSR count). The van der Waals surface area contributed by atoms with Crippen LogP contribution in [0.4, 0.5) is 0 Å². The molecule has 2 nitrogen and oxygen atoms in total. The molecule has 0 bridgehead atoms. The summed E-state index contributed by atoms with van der Waals surface area (Å²) in [6.07, 6.45) is 4.00. The molecule has 1 saturated heterocycles. The molecule has 0 aromatic rings. The van der Waals surface area contributed by atoms with E-state index in [0.717, 1.165) is 24.3 Å². The number of hydrogen-bond donors (Lipinski definition) is 1. The fraction of sp³-hybridized carbons (Fsp3) is 0.909. The Kier molecular flexibility index (Phi) is 4.69. The molecule has 2 aliphatic rings. The van der Waals surface area contributed by atoms with Crippen LogP contribution in [0.3, 0.4) is 0 Å². The summed E-state index contributed by atoms with van der Waals surface area (Å²) in [4.78, 5) is 4.54. The van der Waals surface area contributed by atoms with Gasteiger partial charge in [-0.1, -0.05) is 18.7 Å². The smallest absolute Gasteiger partial charge is 0.156 e. The third-order valence-corrected chi connectivity index (χ3v) is 5.42. The highest BCUT2D eigenvalue weighted by molar-refractivity contribution is 8.14. The standard InChI is InChI=1S/C11H20N2S2/c1-2-10-8-13-11(15-10)12-7-9-3-5-14-6-4-9/h9-10H,2-8H2,1H3,(H,12,13). The predicted molar refractivity (Wildman–Crippen MR) is 72.0 cm³/mol. The first-order valence-electron chi connectivity index (χ1n) is 5.91. The van der Waals surface area contributed by atoms with Crippen molar-refractivity contribution in [1.82, 2.24) is 5.32 Å². The Morgan fingerprint density at radius 2 is 2.20 bits per heavy atom. The van der Waals surface area contributed by atoms with Crippen LogP contribution in [0.2, 0.25) is 0 Å². The topological polar surface area (TPSA) is 24.4 Å². The molecule has 15 heavy (non-hydrogen) atoms. The van der Waals surface area contributed by atoms with Crippen molar-refractivity contribution < 1.29 is 0 Å². The molecule has 1 atom stereocenters. The molecule has 86 valence electrons. The van der Waals surface area contributed by atoms with Gasteiger partial charge in [0.25, 0.3) is 0 Å². The van der Waals surface area contributed by atoms with Gasteiger partial charge in [-0.25, -0.2) is 0 Å². The van der Waals surface area contributed by atoms with E-state index in [1.54, 1.807) is 0 Å². The van der Waals surface area contributed by atoms with Gasteiger partial charge in [-0.2, -0.15) is 11.8 Å². The zero-order valence-corrected chi connectivity index (χ0v) is 11.0. The van der Waals surface area contributed by atoms with E-state index in [1.165, 1.54) is 35.9 Å². The van der Waals surface area contributed by atoms with E-state index in [9.17, 15) is 0 Å². The van der Waals surface area contributed by atoms with Crippen LogP contribution in [0.25, 0.3) is 0 Å². The lowest BCUT2D eigenvalue weighted by atomic mass is 10.0. The second-order valence-electron chi connectivity index (χ2n) is 4.23. The van der Waals surface area contributed by atoms with Crippen LogP contribution in [0.15, 0.2) is 4.99 Å². The van der Waals surface area contributed by atoms with Crippen molar-refractivity contribution in [3.8, 4) is 0 Å². The summed E-state index contributed by atoms with van der Waals surface area (Å²) in [6, 6.07) is 0. The molecule has 1 fully saturated rings. The summed E-state index contributed by atoms with van der Waals surface area (Å²) in [7, 11) is 0. The van der Waals surface area contributed by atoms with Crippen molar-refractivity contribution in [2.24, 2.45) is 10.9 Å². The fourth-order valence-electron chi connectivity index (χ4n) is 1.91. The second kappa shape index (κ2) is 6.04. The maximum Gasteiger partial charge on any atom is 0.156 e. The molecular formula is C11H20N2S2. The molecule has 0 spiro atoms. The summed E-state index contributed by atoms with van der Waals surface area (Å²) < 4.78 is 0. The van der Waals surface area contributed by atoms with E-state index in [0.29, 0.717) is 0 Å². The third kappa shape index (κ3) is 3.59. The van der Waals surface area contributed by atoms with E-state index in [2.05, 4.69) is 29.0 Å². The van der Waals surface area contributed by atoms with Crippen molar-refractivity contribution in [2.75, 3.05) is 24.6 Å². The number of nitrogens with one attached hydrogen (secondary N) is 1. The Hall–Kier alpha value is 0.170. The van der Waals surface area contributed by atoms with Crippen LogP contribution in [0.1, 0.15) is 26.2 Å². The van der Waals surface area contributed by atoms with Crippen molar-refractivity contribution in [3.05, 3.63) is 0 Å². The lowest BCUT2D eigenvalue weighted by molar-refractivity contribution is 0.483. The van der Waals surface area contributed by atoms with Gasteiger partial charge in [0.15, 0.2) is 5.17 Å². The third-order valence-electron chi connectivity index (χ3n) is 3.06. The van der Waals surface area contributed by atoms with Gasteiger partial charge in [0, 0.05) is 11.8 Å². The summed E-state index contributed by atoms with van der Waals surface area (Å²) in [5, 5.41) is 5.44. The van der Waals surface area contributed by atoms with Crippen LogP contribution in [0, 0.1) is 5.92 Å². The van der Waals surface area contributed by atoms with Gasteiger partial charge in [0.2, 0.25) is 0 Å². The van der Waals surface area contributed by atoms with Gasteiger partial charge in [-0.3, -0.25) is 4.99 Å². The predicted octanol–water partition coefficient (Wildman–Crippen LogP) is 2.60. The zero-order valence-electron chi connectivity index (χ0n) is 9.37. The number of rotatable bonds is 3. The van der Waals surface area contributed by atoms with Crippen molar-refractivity contribution in [3.63, 3.8) is 0 Å². The number of thioether (sulfide) groups is 2. The molecular weight excluding hydrogens is 224 g/mol. The Bertz CT molecular complexity index is 225. The summed E-state index contributed by atoms with van der Waals surface area (Å²) in [6.45, 7) is 4.40. The average Bonchev–Trinajstić information content (AvgIpc) is 2.76. The number of aliphatic imine (C=N–C) groups is 1. The molecule has 2 heterocycles. The molecule has 2 aliphatic heterocycles. The molecule has 0 saturated carbocycles. The molecule has 4 heteroatoms. The minimum atomic E-state index is 0.731. The maximum atomic E-state index is 4.54. The minimum absolute atomic E-state index is 0.731.